The Hall–Kier alpha value is -1.81. The number of ether oxygens (including phenoxy) is 1. The first-order valence-corrected chi connectivity index (χ1v) is 7.14. The molecule has 0 atom stereocenters. The fraction of sp³-hybridized carbons (Fsp3) is 0.438. The molecule has 0 unspecified atom stereocenters. The normalized spacial score (nSPS) is 10.7. The van der Waals surface area contributed by atoms with Gasteiger partial charge in [-0.2, -0.15) is 5.10 Å². The van der Waals surface area contributed by atoms with Crippen LogP contribution < -0.4 is 4.74 Å². The van der Waals surface area contributed by atoms with Crippen LogP contribution in [0.3, 0.4) is 0 Å². The van der Waals surface area contributed by atoms with Crippen LogP contribution in [0.5, 0.6) is 5.88 Å². The maximum atomic E-state index is 8.71. The number of aryl methyl sites for hydroxylation is 1. The number of hydrogen-bond acceptors (Lipinski definition) is 3. The SMILES string of the molecule is Cn1nc(-c2ccccc2)cc1OCCCCCCO. The van der Waals surface area contributed by atoms with Gasteiger partial charge in [-0.15, -0.1) is 0 Å². The number of rotatable bonds is 8. The Kier molecular flexibility index (Phi) is 5.62. The van der Waals surface area contributed by atoms with Gasteiger partial charge < -0.3 is 9.84 Å². The van der Waals surface area contributed by atoms with E-state index < -0.39 is 0 Å². The second-order valence-electron chi connectivity index (χ2n) is 4.84. The molecule has 0 aliphatic carbocycles. The van der Waals surface area contributed by atoms with E-state index in [2.05, 4.69) is 5.10 Å². The number of hydrogen-bond donors (Lipinski definition) is 1. The number of unbranched alkanes of at least 4 members (excludes halogenated alkanes) is 3. The number of aliphatic hydroxyl groups is 1. The van der Waals surface area contributed by atoms with E-state index in [1.807, 2.05) is 43.4 Å². The highest BCUT2D eigenvalue weighted by Crippen LogP contribution is 2.22. The van der Waals surface area contributed by atoms with Gasteiger partial charge in [0.05, 0.1) is 12.3 Å². The van der Waals surface area contributed by atoms with Gasteiger partial charge in [0, 0.05) is 25.3 Å². The summed E-state index contributed by atoms with van der Waals surface area (Å²) in [6, 6.07) is 12.1. The van der Waals surface area contributed by atoms with E-state index in [-0.39, 0.29) is 6.61 Å². The number of aliphatic hydroxyl groups excluding tert-OH is 1. The summed E-state index contributed by atoms with van der Waals surface area (Å²) in [5, 5.41) is 13.2. The van der Waals surface area contributed by atoms with E-state index in [1.54, 1.807) is 4.68 Å². The van der Waals surface area contributed by atoms with Crippen LogP contribution in [0.4, 0.5) is 0 Å². The first-order valence-electron chi connectivity index (χ1n) is 7.14. The lowest BCUT2D eigenvalue weighted by Gasteiger charge is -2.05. The Bertz CT molecular complexity index is 508. The van der Waals surface area contributed by atoms with Gasteiger partial charge in [-0.3, -0.25) is 0 Å². The molecule has 0 saturated carbocycles. The molecule has 0 fully saturated rings. The largest absolute Gasteiger partial charge is 0.478 e. The van der Waals surface area contributed by atoms with Gasteiger partial charge in [-0.25, -0.2) is 4.68 Å². The second kappa shape index (κ2) is 7.70. The van der Waals surface area contributed by atoms with E-state index >= 15 is 0 Å². The molecule has 0 aliphatic heterocycles. The quantitative estimate of drug-likeness (QED) is 0.753. The monoisotopic (exact) mass is 274 g/mol. The lowest BCUT2D eigenvalue weighted by Crippen LogP contribution is -2.02. The molecule has 1 N–H and O–H groups in total. The molecule has 0 amide bonds. The summed E-state index contributed by atoms with van der Waals surface area (Å²) in [4.78, 5) is 0. The average Bonchev–Trinajstić information content (AvgIpc) is 2.85. The summed E-state index contributed by atoms with van der Waals surface area (Å²) in [6.45, 7) is 0.974. The van der Waals surface area contributed by atoms with E-state index in [4.69, 9.17) is 9.84 Å². The number of aromatic nitrogens is 2. The van der Waals surface area contributed by atoms with Crippen molar-refractivity contribution in [3.05, 3.63) is 36.4 Å². The van der Waals surface area contributed by atoms with Crippen LogP contribution in [0.2, 0.25) is 0 Å². The zero-order chi connectivity index (χ0) is 14.2. The van der Waals surface area contributed by atoms with Crippen molar-refractivity contribution >= 4 is 0 Å². The van der Waals surface area contributed by atoms with Crippen molar-refractivity contribution < 1.29 is 9.84 Å². The van der Waals surface area contributed by atoms with Crippen molar-refractivity contribution in [1.29, 1.82) is 0 Å². The lowest BCUT2D eigenvalue weighted by molar-refractivity contribution is 0.265. The molecule has 20 heavy (non-hydrogen) atoms. The highest BCUT2D eigenvalue weighted by atomic mass is 16.5. The van der Waals surface area contributed by atoms with Gasteiger partial charge in [-0.1, -0.05) is 36.8 Å². The Labute approximate surface area is 120 Å². The minimum atomic E-state index is 0.281. The molecule has 108 valence electrons. The van der Waals surface area contributed by atoms with E-state index in [0.717, 1.165) is 42.8 Å². The third-order valence-corrected chi connectivity index (χ3v) is 3.21. The van der Waals surface area contributed by atoms with E-state index in [9.17, 15) is 0 Å². The molecule has 0 radical (unpaired) electrons. The standard InChI is InChI=1S/C16H22N2O2/c1-18-16(20-12-8-3-2-7-11-19)13-15(17-18)14-9-5-4-6-10-14/h4-6,9-10,13,19H,2-3,7-8,11-12H2,1H3. The van der Waals surface area contributed by atoms with Crippen molar-refractivity contribution in [2.75, 3.05) is 13.2 Å². The summed E-state index contributed by atoms with van der Waals surface area (Å²) in [6.07, 6.45) is 4.03. The van der Waals surface area contributed by atoms with Gasteiger partial charge in [0.2, 0.25) is 5.88 Å². The summed E-state index contributed by atoms with van der Waals surface area (Å²) >= 11 is 0. The number of nitrogens with zero attached hydrogens (tertiary/aromatic N) is 2. The van der Waals surface area contributed by atoms with Crippen molar-refractivity contribution in [1.82, 2.24) is 9.78 Å². The molecule has 2 aromatic rings. The Morgan fingerprint density at radius 3 is 2.60 bits per heavy atom. The molecule has 0 saturated heterocycles. The smallest absolute Gasteiger partial charge is 0.212 e. The average molecular weight is 274 g/mol. The molecule has 0 aliphatic rings. The van der Waals surface area contributed by atoms with E-state index in [0.29, 0.717) is 6.61 Å². The molecule has 0 spiro atoms. The highest BCUT2D eigenvalue weighted by Gasteiger charge is 2.07. The van der Waals surface area contributed by atoms with Crippen LogP contribution in [-0.2, 0) is 7.05 Å². The third-order valence-electron chi connectivity index (χ3n) is 3.21. The fourth-order valence-electron chi connectivity index (χ4n) is 2.08. The first-order chi connectivity index (χ1) is 9.81. The molecular weight excluding hydrogens is 252 g/mol. The van der Waals surface area contributed by atoms with Gasteiger partial charge in [0.15, 0.2) is 0 Å². The molecule has 2 rings (SSSR count). The molecule has 0 bridgehead atoms. The summed E-state index contributed by atoms with van der Waals surface area (Å²) in [5.41, 5.74) is 2.03. The second-order valence-corrected chi connectivity index (χ2v) is 4.84. The van der Waals surface area contributed by atoms with Crippen molar-refractivity contribution in [2.45, 2.75) is 25.7 Å². The molecule has 4 nitrogen and oxygen atoms in total. The highest BCUT2D eigenvalue weighted by molar-refractivity contribution is 5.59. The predicted molar refractivity (Wildman–Crippen MR) is 79.7 cm³/mol. The van der Waals surface area contributed by atoms with Crippen LogP contribution in [0, 0.1) is 0 Å². The summed E-state index contributed by atoms with van der Waals surface area (Å²) in [5.74, 6) is 0.797. The maximum Gasteiger partial charge on any atom is 0.212 e. The van der Waals surface area contributed by atoms with Gasteiger partial charge in [-0.05, 0) is 19.3 Å². The van der Waals surface area contributed by atoms with Gasteiger partial charge in [0.1, 0.15) is 0 Å². The van der Waals surface area contributed by atoms with Crippen molar-refractivity contribution in [3.8, 4) is 17.1 Å². The summed E-state index contributed by atoms with van der Waals surface area (Å²) < 4.78 is 7.53. The zero-order valence-corrected chi connectivity index (χ0v) is 12.0. The van der Waals surface area contributed by atoms with Crippen LogP contribution in [0.15, 0.2) is 36.4 Å². The van der Waals surface area contributed by atoms with Crippen LogP contribution in [0.1, 0.15) is 25.7 Å². The van der Waals surface area contributed by atoms with Gasteiger partial charge >= 0.3 is 0 Å². The lowest BCUT2D eigenvalue weighted by atomic mass is 10.2. The van der Waals surface area contributed by atoms with Crippen molar-refractivity contribution in [2.24, 2.45) is 7.05 Å². The third kappa shape index (κ3) is 4.10. The number of benzene rings is 1. The topological polar surface area (TPSA) is 47.3 Å². The molecule has 4 heteroatoms. The minimum Gasteiger partial charge on any atom is -0.478 e. The zero-order valence-electron chi connectivity index (χ0n) is 12.0. The van der Waals surface area contributed by atoms with Crippen LogP contribution in [-0.4, -0.2) is 28.1 Å². The van der Waals surface area contributed by atoms with Crippen molar-refractivity contribution in [3.63, 3.8) is 0 Å². The molecular formula is C16H22N2O2. The Morgan fingerprint density at radius 2 is 1.85 bits per heavy atom. The molecule has 1 aromatic carbocycles. The molecule has 1 aromatic heterocycles. The van der Waals surface area contributed by atoms with Gasteiger partial charge in [0.25, 0.3) is 0 Å². The maximum absolute atomic E-state index is 8.71. The predicted octanol–water partition coefficient (Wildman–Crippen LogP) is 3.02. The Balaban J connectivity index is 1.85. The molecule has 1 heterocycles. The minimum absolute atomic E-state index is 0.281. The van der Waals surface area contributed by atoms with Crippen LogP contribution >= 0.6 is 0 Å². The van der Waals surface area contributed by atoms with E-state index in [1.165, 1.54) is 0 Å². The Morgan fingerprint density at radius 1 is 1.10 bits per heavy atom. The first kappa shape index (κ1) is 14.6. The summed E-state index contributed by atoms with van der Waals surface area (Å²) in [7, 11) is 1.90. The fourth-order valence-corrected chi connectivity index (χ4v) is 2.08. The van der Waals surface area contributed by atoms with Crippen LogP contribution in [0.25, 0.3) is 11.3 Å².